The first-order valence-electron chi connectivity index (χ1n) is 30.3. The van der Waals surface area contributed by atoms with E-state index in [4.69, 9.17) is 4.74 Å². The molecule has 3 atom stereocenters. The standard InChI is InChI=1S/C60H119NO5/c1-4-7-10-13-16-19-22-24-26-28-29-31-33-35-38-41-44-47-50-53-60(65)66-56(51-48-45-42-39-37-34-32-30-27-25-23-20-17-14-11-8-5-2)54-59(64)61-57(55-62)58(63)52-49-46-43-40-36-21-18-15-12-9-6-3/h56-58,62-63H,4-55H2,1-3H3,(H,61,64). The van der Waals surface area contributed by atoms with Crippen LogP contribution in [0.15, 0.2) is 0 Å². The fraction of sp³-hybridized carbons (Fsp3) is 0.967. The molecule has 1 amide bonds. The normalized spacial score (nSPS) is 13.0. The largest absolute Gasteiger partial charge is 0.462 e. The first-order valence-corrected chi connectivity index (χ1v) is 30.3. The Morgan fingerprint density at radius 3 is 0.924 bits per heavy atom. The molecule has 0 aromatic carbocycles. The summed E-state index contributed by atoms with van der Waals surface area (Å²) < 4.78 is 5.98. The lowest BCUT2D eigenvalue weighted by atomic mass is 10.0. The molecule has 0 saturated heterocycles. The maximum Gasteiger partial charge on any atom is 0.306 e. The van der Waals surface area contributed by atoms with Crippen molar-refractivity contribution in [2.45, 2.75) is 366 Å². The van der Waals surface area contributed by atoms with Crippen molar-refractivity contribution in [1.29, 1.82) is 0 Å². The van der Waals surface area contributed by atoms with Gasteiger partial charge in [-0.1, -0.05) is 310 Å². The number of hydrogen-bond donors (Lipinski definition) is 3. The number of ether oxygens (including phenoxy) is 1. The molecule has 0 aromatic rings. The number of amides is 1. The lowest BCUT2D eigenvalue weighted by Crippen LogP contribution is -2.46. The van der Waals surface area contributed by atoms with Crippen LogP contribution in [0.25, 0.3) is 0 Å². The van der Waals surface area contributed by atoms with Crippen molar-refractivity contribution < 1.29 is 24.5 Å². The van der Waals surface area contributed by atoms with Crippen molar-refractivity contribution in [3.8, 4) is 0 Å². The van der Waals surface area contributed by atoms with E-state index in [1.807, 2.05) is 0 Å². The third-order valence-corrected chi connectivity index (χ3v) is 14.4. The fourth-order valence-corrected chi connectivity index (χ4v) is 9.85. The van der Waals surface area contributed by atoms with Gasteiger partial charge >= 0.3 is 5.97 Å². The topological polar surface area (TPSA) is 95.9 Å². The van der Waals surface area contributed by atoms with E-state index in [2.05, 4.69) is 26.1 Å². The third-order valence-electron chi connectivity index (χ3n) is 14.4. The Labute approximate surface area is 413 Å². The zero-order chi connectivity index (χ0) is 48.1. The molecule has 0 aromatic heterocycles. The van der Waals surface area contributed by atoms with Gasteiger partial charge in [0.05, 0.1) is 25.2 Å². The van der Waals surface area contributed by atoms with Gasteiger partial charge in [-0.25, -0.2) is 0 Å². The highest BCUT2D eigenvalue weighted by Gasteiger charge is 2.24. The van der Waals surface area contributed by atoms with Crippen LogP contribution in [0.3, 0.4) is 0 Å². The lowest BCUT2D eigenvalue weighted by molar-refractivity contribution is -0.151. The second-order valence-electron chi connectivity index (χ2n) is 21.1. The molecule has 3 unspecified atom stereocenters. The van der Waals surface area contributed by atoms with Crippen molar-refractivity contribution in [3.05, 3.63) is 0 Å². The Bertz CT molecular complexity index is 959. The van der Waals surface area contributed by atoms with Gasteiger partial charge in [-0.15, -0.1) is 0 Å². The van der Waals surface area contributed by atoms with Crippen LogP contribution in [-0.4, -0.2) is 46.9 Å². The molecule has 0 spiro atoms. The number of rotatable bonds is 56. The van der Waals surface area contributed by atoms with E-state index < -0.39 is 18.2 Å². The molecule has 3 N–H and O–H groups in total. The van der Waals surface area contributed by atoms with Gasteiger partial charge in [0.15, 0.2) is 0 Å². The first-order chi connectivity index (χ1) is 32.5. The smallest absolute Gasteiger partial charge is 0.306 e. The van der Waals surface area contributed by atoms with E-state index >= 15 is 0 Å². The Balaban J connectivity index is 4.45. The second-order valence-corrected chi connectivity index (χ2v) is 21.1. The molecule has 6 heteroatoms. The molecule has 66 heavy (non-hydrogen) atoms. The van der Waals surface area contributed by atoms with E-state index in [0.717, 1.165) is 38.5 Å². The highest BCUT2D eigenvalue weighted by Crippen LogP contribution is 2.20. The van der Waals surface area contributed by atoms with Crippen LogP contribution in [0.4, 0.5) is 0 Å². The summed E-state index contributed by atoms with van der Waals surface area (Å²) in [5, 5.41) is 23.9. The summed E-state index contributed by atoms with van der Waals surface area (Å²) in [7, 11) is 0. The number of hydrogen-bond acceptors (Lipinski definition) is 5. The molecule has 0 bridgehead atoms. The molecule has 0 rings (SSSR count). The summed E-state index contributed by atoms with van der Waals surface area (Å²) in [6, 6.07) is -0.693. The highest BCUT2D eigenvalue weighted by molar-refractivity contribution is 5.77. The minimum atomic E-state index is -0.780. The van der Waals surface area contributed by atoms with Crippen LogP contribution >= 0.6 is 0 Å². The molecule has 0 aliphatic rings. The van der Waals surface area contributed by atoms with Crippen LogP contribution in [0, 0.1) is 0 Å². The van der Waals surface area contributed by atoms with Gasteiger partial charge in [0.1, 0.15) is 6.10 Å². The number of carbonyl (C=O) groups excluding carboxylic acids is 2. The van der Waals surface area contributed by atoms with Crippen molar-refractivity contribution >= 4 is 11.9 Å². The maximum absolute atomic E-state index is 13.3. The average Bonchev–Trinajstić information content (AvgIpc) is 3.31. The van der Waals surface area contributed by atoms with Crippen LogP contribution in [0.1, 0.15) is 348 Å². The summed E-state index contributed by atoms with van der Waals surface area (Å²) in [4.78, 5) is 26.3. The summed E-state index contributed by atoms with van der Waals surface area (Å²) in [5.74, 6) is -0.442. The van der Waals surface area contributed by atoms with Gasteiger partial charge in [-0.3, -0.25) is 9.59 Å². The van der Waals surface area contributed by atoms with E-state index in [-0.39, 0.29) is 24.9 Å². The summed E-state index contributed by atoms with van der Waals surface area (Å²) >= 11 is 0. The molecule has 394 valence electrons. The molecule has 0 aliphatic heterocycles. The number of aliphatic hydroxyl groups is 2. The summed E-state index contributed by atoms with van der Waals surface area (Å²) in [5.41, 5.74) is 0. The zero-order valence-electron chi connectivity index (χ0n) is 45.1. The van der Waals surface area contributed by atoms with Gasteiger partial charge in [-0.2, -0.15) is 0 Å². The third kappa shape index (κ3) is 49.3. The Morgan fingerprint density at radius 1 is 0.379 bits per heavy atom. The fourth-order valence-electron chi connectivity index (χ4n) is 9.85. The Hall–Kier alpha value is -1.14. The van der Waals surface area contributed by atoms with E-state index in [0.29, 0.717) is 19.3 Å². The molecular weight excluding hydrogens is 815 g/mol. The van der Waals surface area contributed by atoms with Crippen molar-refractivity contribution in [1.82, 2.24) is 5.32 Å². The number of aliphatic hydroxyl groups excluding tert-OH is 2. The first kappa shape index (κ1) is 64.9. The SMILES string of the molecule is CCCCCCCCCCCCCCCCCCCCCC(=O)OC(CCCCCCCCCCCCCCCCCCC)CC(=O)NC(CO)C(O)CCCCCCCCCCCCC. The van der Waals surface area contributed by atoms with Crippen LogP contribution < -0.4 is 5.32 Å². The number of esters is 1. The van der Waals surface area contributed by atoms with E-state index in [9.17, 15) is 19.8 Å². The van der Waals surface area contributed by atoms with Gasteiger partial charge < -0.3 is 20.3 Å². The van der Waals surface area contributed by atoms with Crippen LogP contribution in [0.5, 0.6) is 0 Å². The Morgan fingerprint density at radius 2 is 0.636 bits per heavy atom. The number of nitrogens with one attached hydrogen (secondary N) is 1. The maximum atomic E-state index is 13.3. The Kier molecular flexibility index (Phi) is 53.8. The van der Waals surface area contributed by atoms with Gasteiger partial charge in [-0.05, 0) is 25.7 Å². The molecule has 0 saturated carbocycles. The molecule has 0 fully saturated rings. The zero-order valence-corrected chi connectivity index (χ0v) is 45.1. The predicted molar refractivity (Wildman–Crippen MR) is 287 cm³/mol. The van der Waals surface area contributed by atoms with E-state index in [1.54, 1.807) is 0 Å². The minimum Gasteiger partial charge on any atom is -0.462 e. The molecular formula is C60H119NO5. The minimum absolute atomic E-state index is 0.0887. The number of unbranched alkanes of at least 4 members (excludes halogenated alkanes) is 44. The van der Waals surface area contributed by atoms with Gasteiger partial charge in [0, 0.05) is 6.42 Å². The van der Waals surface area contributed by atoms with E-state index in [1.165, 1.54) is 263 Å². The second kappa shape index (κ2) is 54.8. The molecule has 6 nitrogen and oxygen atoms in total. The van der Waals surface area contributed by atoms with Crippen molar-refractivity contribution in [2.75, 3.05) is 6.61 Å². The van der Waals surface area contributed by atoms with Crippen molar-refractivity contribution in [3.63, 3.8) is 0 Å². The summed E-state index contributed by atoms with van der Waals surface area (Å²) in [6.45, 7) is 6.54. The molecule has 0 aliphatic carbocycles. The predicted octanol–water partition coefficient (Wildman–Crippen LogP) is 18.7. The van der Waals surface area contributed by atoms with Crippen LogP contribution in [-0.2, 0) is 14.3 Å². The van der Waals surface area contributed by atoms with Gasteiger partial charge in [0.25, 0.3) is 0 Å². The number of carbonyl (C=O) groups is 2. The van der Waals surface area contributed by atoms with Crippen LogP contribution in [0.2, 0.25) is 0 Å². The summed E-state index contributed by atoms with van der Waals surface area (Å²) in [6.07, 6.45) is 61.8. The van der Waals surface area contributed by atoms with Gasteiger partial charge in [0.2, 0.25) is 5.91 Å². The monoisotopic (exact) mass is 934 g/mol. The molecule has 0 radical (unpaired) electrons. The van der Waals surface area contributed by atoms with Crippen molar-refractivity contribution in [2.24, 2.45) is 0 Å². The highest BCUT2D eigenvalue weighted by atomic mass is 16.5. The molecule has 0 heterocycles. The lowest BCUT2D eigenvalue weighted by Gasteiger charge is -2.24. The quantitative estimate of drug-likeness (QED) is 0.0417. The average molecular weight is 935 g/mol.